The molecule has 0 amide bonds. The molecule has 0 bridgehead atoms. The van der Waals surface area contributed by atoms with Gasteiger partial charge in [0.15, 0.2) is 0 Å². The van der Waals surface area contributed by atoms with Crippen LogP contribution in [0.1, 0.15) is 79.0 Å². The fourth-order valence-corrected chi connectivity index (χ4v) is 6.23. The summed E-state index contributed by atoms with van der Waals surface area (Å²) in [7, 11) is 0. The van der Waals surface area contributed by atoms with Gasteiger partial charge in [-0.2, -0.15) is 4.98 Å². The minimum absolute atomic E-state index is 0.0710. The van der Waals surface area contributed by atoms with Crippen LogP contribution in [-0.2, 0) is 0 Å². The largest absolute Gasteiger partial charge is 0.339 e. The Kier molecular flexibility index (Phi) is 5.36. The highest BCUT2D eigenvalue weighted by Crippen LogP contribution is 2.34. The molecule has 9 heteroatoms. The average Bonchev–Trinajstić information content (AvgIpc) is 3.62. The summed E-state index contributed by atoms with van der Waals surface area (Å²) in [6, 6.07) is 10.9. The van der Waals surface area contributed by atoms with Crippen LogP contribution >= 0.6 is 11.3 Å². The number of hydrogen-bond donors (Lipinski definition) is 0. The van der Waals surface area contributed by atoms with Crippen LogP contribution in [0.4, 0.5) is 0 Å². The van der Waals surface area contributed by atoms with E-state index in [0.717, 1.165) is 36.0 Å². The molecule has 1 saturated carbocycles. The van der Waals surface area contributed by atoms with Gasteiger partial charge in [0.05, 0.1) is 10.4 Å². The van der Waals surface area contributed by atoms with Crippen molar-refractivity contribution in [1.82, 2.24) is 24.1 Å². The topological polar surface area (TPSA) is 95.3 Å². The zero-order valence-electron chi connectivity index (χ0n) is 19.6. The molecule has 1 aromatic carbocycles. The molecule has 0 spiro atoms. The molecule has 0 atom stereocenters. The summed E-state index contributed by atoms with van der Waals surface area (Å²) < 4.78 is 9.08. The lowest BCUT2D eigenvalue weighted by Crippen LogP contribution is -2.23. The van der Waals surface area contributed by atoms with Crippen LogP contribution in [0, 0.1) is 0 Å². The summed E-state index contributed by atoms with van der Waals surface area (Å²) in [5, 5.41) is 4.19. The van der Waals surface area contributed by atoms with Crippen molar-refractivity contribution in [2.75, 3.05) is 0 Å². The number of aromatic nitrogens is 5. The van der Waals surface area contributed by atoms with E-state index in [4.69, 9.17) is 4.52 Å². The van der Waals surface area contributed by atoms with Crippen LogP contribution in [-0.4, -0.2) is 29.9 Å². The van der Waals surface area contributed by atoms with Crippen molar-refractivity contribution in [1.29, 1.82) is 0 Å². The summed E-state index contributed by atoms with van der Waals surface area (Å²) >= 11 is 1.33. The van der Waals surface area contributed by atoms with Gasteiger partial charge in [0.25, 0.3) is 5.56 Å². The van der Waals surface area contributed by atoms with Gasteiger partial charge in [-0.05, 0) is 32.8 Å². The van der Waals surface area contributed by atoms with Crippen LogP contribution in [0.15, 0.2) is 52.0 Å². The van der Waals surface area contributed by atoms with Gasteiger partial charge in [0.2, 0.25) is 17.5 Å². The van der Waals surface area contributed by atoms with Crippen molar-refractivity contribution in [2.24, 2.45) is 0 Å². The van der Waals surface area contributed by atoms with Crippen LogP contribution in [0.5, 0.6) is 0 Å². The highest BCUT2D eigenvalue weighted by atomic mass is 32.1. The Balaban J connectivity index is 1.52. The SMILES string of the molecule is CC(C)n1c(=O)c2c(-c3noc(C4CCCCC4)n3)ncn2c2cc(C(=O)c3ccccc3)sc21. The predicted molar refractivity (Wildman–Crippen MR) is 134 cm³/mol. The third-order valence-electron chi connectivity index (χ3n) is 6.74. The normalized spacial score (nSPS) is 14.9. The van der Waals surface area contributed by atoms with Gasteiger partial charge in [-0.25, -0.2) is 4.98 Å². The molecular formula is C26H25N5O3S. The lowest BCUT2D eigenvalue weighted by atomic mass is 9.89. The van der Waals surface area contributed by atoms with E-state index in [9.17, 15) is 9.59 Å². The number of thiophene rings is 1. The molecule has 0 aliphatic heterocycles. The van der Waals surface area contributed by atoms with E-state index in [0.29, 0.717) is 33.4 Å². The van der Waals surface area contributed by atoms with Crippen LogP contribution in [0.25, 0.3) is 27.4 Å². The molecule has 4 heterocycles. The van der Waals surface area contributed by atoms with Crippen molar-refractivity contribution in [2.45, 2.75) is 57.9 Å². The molecule has 178 valence electrons. The Bertz CT molecular complexity index is 1600. The molecule has 0 unspecified atom stereocenters. The van der Waals surface area contributed by atoms with Gasteiger partial charge in [-0.3, -0.25) is 18.6 Å². The average molecular weight is 488 g/mol. The van der Waals surface area contributed by atoms with Crippen LogP contribution in [0.3, 0.4) is 0 Å². The maximum absolute atomic E-state index is 13.7. The van der Waals surface area contributed by atoms with Crippen molar-refractivity contribution in [3.05, 3.63) is 69.4 Å². The number of carbonyl (C=O) groups is 1. The fourth-order valence-electron chi connectivity index (χ4n) is 4.98. The summed E-state index contributed by atoms with van der Waals surface area (Å²) in [5.41, 5.74) is 1.97. The molecular weight excluding hydrogens is 462 g/mol. The zero-order chi connectivity index (χ0) is 24.1. The number of carbonyl (C=O) groups excluding carboxylic acids is 1. The monoisotopic (exact) mass is 487 g/mol. The van der Waals surface area contributed by atoms with Gasteiger partial charge in [0, 0.05) is 17.5 Å². The molecule has 0 saturated heterocycles. The molecule has 35 heavy (non-hydrogen) atoms. The summed E-state index contributed by atoms with van der Waals surface area (Å²) in [5.74, 6) is 1.15. The van der Waals surface area contributed by atoms with Gasteiger partial charge in [-0.1, -0.05) is 54.8 Å². The second-order valence-corrected chi connectivity index (χ2v) is 10.4. The minimum atomic E-state index is -0.190. The number of fused-ring (bicyclic) bond motifs is 3. The summed E-state index contributed by atoms with van der Waals surface area (Å²) in [4.78, 5) is 37.4. The van der Waals surface area contributed by atoms with E-state index in [1.165, 1.54) is 17.8 Å². The third-order valence-corrected chi connectivity index (χ3v) is 7.87. The molecule has 0 radical (unpaired) electrons. The smallest absolute Gasteiger partial charge is 0.278 e. The Hall–Kier alpha value is -3.59. The Morgan fingerprint density at radius 1 is 1.14 bits per heavy atom. The zero-order valence-corrected chi connectivity index (χ0v) is 20.4. The summed E-state index contributed by atoms with van der Waals surface area (Å²) in [6.07, 6.45) is 7.26. The maximum Gasteiger partial charge on any atom is 0.278 e. The van der Waals surface area contributed by atoms with Crippen molar-refractivity contribution < 1.29 is 9.32 Å². The number of ketones is 1. The van der Waals surface area contributed by atoms with E-state index < -0.39 is 0 Å². The molecule has 1 fully saturated rings. The van der Waals surface area contributed by atoms with Crippen molar-refractivity contribution in [3.8, 4) is 11.5 Å². The second kappa shape index (κ2) is 8.57. The molecule has 5 aromatic rings. The third kappa shape index (κ3) is 3.61. The highest BCUT2D eigenvalue weighted by molar-refractivity contribution is 7.20. The van der Waals surface area contributed by atoms with Crippen molar-refractivity contribution in [3.63, 3.8) is 0 Å². The van der Waals surface area contributed by atoms with Gasteiger partial charge in [0.1, 0.15) is 22.4 Å². The van der Waals surface area contributed by atoms with E-state index >= 15 is 0 Å². The highest BCUT2D eigenvalue weighted by Gasteiger charge is 2.26. The second-order valence-electron chi connectivity index (χ2n) is 9.37. The van der Waals surface area contributed by atoms with Gasteiger partial charge >= 0.3 is 0 Å². The maximum atomic E-state index is 13.7. The van der Waals surface area contributed by atoms with Crippen molar-refractivity contribution >= 4 is 33.0 Å². The first-order chi connectivity index (χ1) is 17.0. The number of rotatable bonds is 5. The Morgan fingerprint density at radius 3 is 2.66 bits per heavy atom. The first-order valence-electron chi connectivity index (χ1n) is 12.0. The first-order valence-corrected chi connectivity index (χ1v) is 12.8. The Morgan fingerprint density at radius 2 is 1.91 bits per heavy atom. The molecule has 1 aliphatic rings. The number of imidazole rings is 1. The standard InChI is InChI=1S/C26H25N5O3S/c1-15(2)31-25(33)21-20(23-28-24(34-29-23)17-11-7-4-8-12-17)27-14-30(21)18-13-19(35-26(18)31)22(32)16-9-5-3-6-10-16/h3,5-6,9-10,13-15,17H,4,7-8,11-12H2,1-2H3. The molecule has 4 aromatic heterocycles. The van der Waals surface area contributed by atoms with E-state index in [1.807, 2.05) is 38.1 Å². The minimum Gasteiger partial charge on any atom is -0.339 e. The lowest BCUT2D eigenvalue weighted by Gasteiger charge is -2.17. The van der Waals surface area contributed by atoms with E-state index in [2.05, 4.69) is 15.1 Å². The first kappa shape index (κ1) is 21.9. The predicted octanol–water partition coefficient (Wildman–Crippen LogP) is 5.62. The summed E-state index contributed by atoms with van der Waals surface area (Å²) in [6.45, 7) is 3.92. The number of benzene rings is 1. The van der Waals surface area contributed by atoms with Gasteiger partial charge in [-0.15, -0.1) is 11.3 Å². The lowest BCUT2D eigenvalue weighted by molar-refractivity contribution is 0.104. The molecule has 0 N–H and O–H groups in total. The fraction of sp³-hybridized carbons (Fsp3) is 0.346. The molecule has 1 aliphatic carbocycles. The molecule has 6 rings (SSSR count). The number of hydrogen-bond acceptors (Lipinski definition) is 7. The van der Waals surface area contributed by atoms with Crippen LogP contribution < -0.4 is 5.56 Å². The molecule has 8 nitrogen and oxygen atoms in total. The quantitative estimate of drug-likeness (QED) is 0.299. The van der Waals surface area contributed by atoms with Gasteiger partial charge < -0.3 is 4.52 Å². The number of nitrogens with zero attached hydrogens (tertiary/aromatic N) is 5. The van der Waals surface area contributed by atoms with Crippen LogP contribution in [0.2, 0.25) is 0 Å². The Labute approximate surface area is 205 Å². The van der Waals surface area contributed by atoms with E-state index in [-0.39, 0.29) is 23.3 Å². The van der Waals surface area contributed by atoms with E-state index in [1.54, 1.807) is 27.4 Å².